The van der Waals surface area contributed by atoms with Crippen LogP contribution in [0.5, 0.6) is 5.75 Å². The van der Waals surface area contributed by atoms with Crippen molar-refractivity contribution >= 4 is 17.7 Å². The summed E-state index contributed by atoms with van der Waals surface area (Å²) in [5, 5.41) is 2.93. The van der Waals surface area contributed by atoms with E-state index in [0.717, 1.165) is 11.3 Å². The maximum Gasteiger partial charge on any atom is 0.251 e. The van der Waals surface area contributed by atoms with Gasteiger partial charge in [-0.3, -0.25) is 4.79 Å². The maximum absolute atomic E-state index is 12.1. The molecule has 0 bridgehead atoms. The smallest absolute Gasteiger partial charge is 0.251 e. The molecule has 4 heteroatoms. The molecular formula is C17H25NO2S. The molecule has 116 valence electrons. The molecule has 1 rings (SSSR count). The van der Waals surface area contributed by atoms with E-state index in [-0.39, 0.29) is 10.7 Å². The number of hydrogen-bond acceptors (Lipinski definition) is 3. The zero-order valence-corrected chi connectivity index (χ0v) is 14.2. The molecule has 0 aliphatic heterocycles. The fourth-order valence-corrected chi connectivity index (χ4v) is 2.37. The Hall–Kier alpha value is -1.42. The molecule has 1 N–H and O–H groups in total. The van der Waals surface area contributed by atoms with Gasteiger partial charge in [0.05, 0.1) is 0 Å². The summed E-state index contributed by atoms with van der Waals surface area (Å²) in [6.45, 7) is 13.3. The van der Waals surface area contributed by atoms with Crippen molar-refractivity contribution in [2.45, 2.75) is 32.4 Å². The quantitative estimate of drug-likeness (QED) is 0.613. The Balaban J connectivity index is 2.46. The largest absolute Gasteiger partial charge is 0.489 e. The predicted molar refractivity (Wildman–Crippen MR) is 91.3 cm³/mol. The van der Waals surface area contributed by atoms with Crippen LogP contribution in [0.2, 0.25) is 0 Å². The standard InChI is InChI=1S/C17H25NO2S/c1-13(2)12-20-15-8-6-7-14(11-15)16(19)18-9-10-21-17(3,4)5/h6-8,11H,1,9-10,12H2,2-5H3,(H,18,19). The van der Waals surface area contributed by atoms with Crippen LogP contribution in [0.4, 0.5) is 0 Å². The first-order chi connectivity index (χ1) is 9.78. The van der Waals surface area contributed by atoms with Crippen LogP contribution in [0.1, 0.15) is 38.1 Å². The van der Waals surface area contributed by atoms with Crippen molar-refractivity contribution in [3.8, 4) is 5.75 Å². The van der Waals surface area contributed by atoms with E-state index < -0.39 is 0 Å². The predicted octanol–water partition coefficient (Wildman–Crippen LogP) is 3.90. The molecule has 0 unspecified atom stereocenters. The molecule has 0 aliphatic rings. The zero-order chi connectivity index (χ0) is 15.9. The molecule has 21 heavy (non-hydrogen) atoms. The van der Waals surface area contributed by atoms with E-state index in [0.29, 0.717) is 24.5 Å². The summed E-state index contributed by atoms with van der Waals surface area (Å²) < 4.78 is 5.77. The Kier molecular flexibility index (Phi) is 6.82. The maximum atomic E-state index is 12.1. The van der Waals surface area contributed by atoms with Crippen molar-refractivity contribution in [1.82, 2.24) is 5.32 Å². The molecule has 0 aliphatic carbocycles. The van der Waals surface area contributed by atoms with E-state index >= 15 is 0 Å². The highest BCUT2D eigenvalue weighted by Crippen LogP contribution is 2.22. The molecule has 0 saturated heterocycles. The average molecular weight is 307 g/mol. The van der Waals surface area contributed by atoms with Gasteiger partial charge in [-0.2, -0.15) is 11.8 Å². The van der Waals surface area contributed by atoms with E-state index in [2.05, 4.69) is 32.7 Å². The number of rotatable bonds is 7. The summed E-state index contributed by atoms with van der Waals surface area (Å²) in [6, 6.07) is 7.22. The molecule has 3 nitrogen and oxygen atoms in total. The van der Waals surface area contributed by atoms with Crippen LogP contribution < -0.4 is 10.1 Å². The van der Waals surface area contributed by atoms with E-state index in [1.54, 1.807) is 12.1 Å². The van der Waals surface area contributed by atoms with Crippen LogP contribution in [0.25, 0.3) is 0 Å². The van der Waals surface area contributed by atoms with Gasteiger partial charge in [-0.15, -0.1) is 0 Å². The molecule has 0 atom stereocenters. The van der Waals surface area contributed by atoms with E-state index in [4.69, 9.17) is 4.74 Å². The molecule has 0 radical (unpaired) electrons. The van der Waals surface area contributed by atoms with Crippen molar-refractivity contribution in [2.75, 3.05) is 18.9 Å². The van der Waals surface area contributed by atoms with Crippen molar-refractivity contribution in [1.29, 1.82) is 0 Å². The van der Waals surface area contributed by atoms with Crippen LogP contribution in [0.15, 0.2) is 36.4 Å². The van der Waals surface area contributed by atoms with Crippen molar-refractivity contribution in [3.05, 3.63) is 42.0 Å². The van der Waals surface area contributed by atoms with Crippen LogP contribution in [-0.2, 0) is 0 Å². The lowest BCUT2D eigenvalue weighted by molar-refractivity contribution is 0.0955. The molecule has 1 aromatic rings. The van der Waals surface area contributed by atoms with Crippen molar-refractivity contribution in [3.63, 3.8) is 0 Å². The second-order valence-electron chi connectivity index (χ2n) is 5.99. The second kappa shape index (κ2) is 8.13. The Morgan fingerprint density at radius 1 is 1.38 bits per heavy atom. The molecule has 0 spiro atoms. The Morgan fingerprint density at radius 3 is 2.71 bits per heavy atom. The normalized spacial score (nSPS) is 11.0. The van der Waals surface area contributed by atoms with Gasteiger partial charge in [-0.1, -0.05) is 33.4 Å². The third-order valence-corrected chi connectivity index (χ3v) is 3.78. The third-order valence-electron chi connectivity index (χ3n) is 2.50. The average Bonchev–Trinajstić information content (AvgIpc) is 2.40. The van der Waals surface area contributed by atoms with Crippen LogP contribution in [0.3, 0.4) is 0 Å². The summed E-state index contributed by atoms with van der Waals surface area (Å²) in [6.07, 6.45) is 0. The Morgan fingerprint density at radius 2 is 2.10 bits per heavy atom. The number of thioether (sulfide) groups is 1. The number of benzene rings is 1. The van der Waals surface area contributed by atoms with E-state index in [1.807, 2.05) is 30.8 Å². The third kappa shape index (κ3) is 7.81. The Bertz CT molecular complexity index is 492. The minimum Gasteiger partial charge on any atom is -0.489 e. The highest BCUT2D eigenvalue weighted by atomic mass is 32.2. The van der Waals surface area contributed by atoms with E-state index in [9.17, 15) is 4.79 Å². The molecule has 1 amide bonds. The van der Waals surface area contributed by atoms with Gasteiger partial charge in [0, 0.05) is 22.6 Å². The SMILES string of the molecule is C=C(C)COc1cccc(C(=O)NCCSC(C)(C)C)c1. The summed E-state index contributed by atoms with van der Waals surface area (Å²) >= 11 is 1.84. The minimum absolute atomic E-state index is 0.0646. The lowest BCUT2D eigenvalue weighted by atomic mass is 10.2. The number of nitrogens with one attached hydrogen (secondary N) is 1. The molecular weight excluding hydrogens is 282 g/mol. The summed E-state index contributed by atoms with van der Waals surface area (Å²) in [5.74, 6) is 1.53. The van der Waals surface area contributed by atoms with Crippen molar-refractivity contribution < 1.29 is 9.53 Å². The molecule has 0 aromatic heterocycles. The fourth-order valence-electron chi connectivity index (χ4n) is 1.56. The van der Waals surface area contributed by atoms with Gasteiger partial charge >= 0.3 is 0 Å². The molecule has 0 saturated carbocycles. The second-order valence-corrected chi connectivity index (χ2v) is 7.91. The van der Waals surface area contributed by atoms with Gasteiger partial charge in [0.2, 0.25) is 0 Å². The lowest BCUT2D eigenvalue weighted by Gasteiger charge is -2.17. The highest BCUT2D eigenvalue weighted by Gasteiger charge is 2.11. The monoisotopic (exact) mass is 307 g/mol. The topological polar surface area (TPSA) is 38.3 Å². The number of carbonyl (C=O) groups excluding carboxylic acids is 1. The number of carbonyl (C=O) groups is 1. The van der Waals surface area contributed by atoms with Crippen LogP contribution >= 0.6 is 11.8 Å². The van der Waals surface area contributed by atoms with E-state index in [1.165, 1.54) is 0 Å². The summed E-state index contributed by atoms with van der Waals surface area (Å²) in [7, 11) is 0. The first-order valence-electron chi connectivity index (χ1n) is 7.07. The van der Waals surface area contributed by atoms with Gasteiger partial charge in [0.25, 0.3) is 5.91 Å². The number of hydrogen-bond donors (Lipinski definition) is 1. The van der Waals surface area contributed by atoms with Gasteiger partial charge in [0.1, 0.15) is 12.4 Å². The van der Waals surface area contributed by atoms with Gasteiger partial charge < -0.3 is 10.1 Å². The van der Waals surface area contributed by atoms with Crippen LogP contribution in [-0.4, -0.2) is 29.6 Å². The number of ether oxygens (including phenoxy) is 1. The summed E-state index contributed by atoms with van der Waals surface area (Å²) in [4.78, 5) is 12.1. The highest BCUT2D eigenvalue weighted by molar-refractivity contribution is 8.00. The molecule has 0 fully saturated rings. The Labute approximate surface area is 132 Å². The number of amides is 1. The van der Waals surface area contributed by atoms with Gasteiger partial charge in [-0.25, -0.2) is 0 Å². The van der Waals surface area contributed by atoms with Gasteiger partial charge in [-0.05, 0) is 30.7 Å². The zero-order valence-electron chi connectivity index (χ0n) is 13.4. The summed E-state index contributed by atoms with van der Waals surface area (Å²) in [5.41, 5.74) is 1.57. The van der Waals surface area contributed by atoms with Crippen molar-refractivity contribution in [2.24, 2.45) is 0 Å². The first-order valence-corrected chi connectivity index (χ1v) is 8.06. The van der Waals surface area contributed by atoms with Gasteiger partial charge in [0.15, 0.2) is 0 Å². The minimum atomic E-state index is -0.0646. The molecule has 0 heterocycles. The fraction of sp³-hybridized carbons (Fsp3) is 0.471. The van der Waals surface area contributed by atoms with Crippen LogP contribution in [0, 0.1) is 0 Å². The lowest BCUT2D eigenvalue weighted by Crippen LogP contribution is -2.26. The first kappa shape index (κ1) is 17.6. The molecule has 1 aromatic carbocycles.